The molecule has 19 heavy (non-hydrogen) atoms. The molecule has 4 nitrogen and oxygen atoms in total. The zero-order chi connectivity index (χ0) is 14.0. The number of rotatable bonds is 3. The molecular weight excluding hydrogens is 238 g/mol. The largest absolute Gasteiger partial charge is 0.497 e. The van der Waals surface area contributed by atoms with Gasteiger partial charge in [0.25, 0.3) is 0 Å². The zero-order valence-electron chi connectivity index (χ0n) is 11.8. The molecule has 1 aromatic heterocycles. The molecule has 4 heteroatoms. The van der Waals surface area contributed by atoms with Gasteiger partial charge in [-0.3, -0.25) is 0 Å². The SMILES string of the molecule is COc1ccc(-c2ncnc(N)c2C(C)C)c(C)c1. The van der Waals surface area contributed by atoms with Gasteiger partial charge in [0.05, 0.1) is 12.8 Å². The number of nitrogen functional groups attached to an aromatic ring is 1. The number of anilines is 1. The number of hydrogen-bond donors (Lipinski definition) is 1. The monoisotopic (exact) mass is 257 g/mol. The molecule has 100 valence electrons. The lowest BCUT2D eigenvalue weighted by Gasteiger charge is -2.15. The average molecular weight is 257 g/mol. The van der Waals surface area contributed by atoms with Crippen LogP contribution in [0, 0.1) is 6.92 Å². The van der Waals surface area contributed by atoms with Gasteiger partial charge in [-0.1, -0.05) is 13.8 Å². The first-order valence-electron chi connectivity index (χ1n) is 6.30. The van der Waals surface area contributed by atoms with Crippen molar-refractivity contribution in [1.29, 1.82) is 0 Å². The first kappa shape index (κ1) is 13.3. The van der Waals surface area contributed by atoms with Gasteiger partial charge in [0.15, 0.2) is 0 Å². The van der Waals surface area contributed by atoms with Crippen molar-refractivity contribution in [3.8, 4) is 17.0 Å². The predicted molar refractivity (Wildman–Crippen MR) is 77.3 cm³/mol. The van der Waals surface area contributed by atoms with E-state index < -0.39 is 0 Å². The summed E-state index contributed by atoms with van der Waals surface area (Å²) in [6.07, 6.45) is 1.51. The molecule has 0 fully saturated rings. The molecule has 1 aromatic carbocycles. The summed E-state index contributed by atoms with van der Waals surface area (Å²) in [7, 11) is 1.66. The molecule has 1 heterocycles. The Hall–Kier alpha value is -2.10. The van der Waals surface area contributed by atoms with Crippen LogP contribution in [-0.4, -0.2) is 17.1 Å². The van der Waals surface area contributed by atoms with Gasteiger partial charge in [-0.25, -0.2) is 9.97 Å². The first-order chi connectivity index (χ1) is 9.04. The van der Waals surface area contributed by atoms with E-state index in [-0.39, 0.29) is 5.92 Å². The minimum Gasteiger partial charge on any atom is -0.497 e. The number of hydrogen-bond acceptors (Lipinski definition) is 4. The second kappa shape index (κ2) is 5.26. The lowest BCUT2D eigenvalue weighted by atomic mass is 9.95. The van der Waals surface area contributed by atoms with Crippen LogP contribution in [0.2, 0.25) is 0 Å². The fourth-order valence-corrected chi connectivity index (χ4v) is 2.22. The quantitative estimate of drug-likeness (QED) is 0.917. The summed E-state index contributed by atoms with van der Waals surface area (Å²) in [6, 6.07) is 5.95. The molecule has 0 bridgehead atoms. The maximum absolute atomic E-state index is 5.99. The van der Waals surface area contributed by atoms with Crippen molar-refractivity contribution in [3.05, 3.63) is 35.7 Å². The van der Waals surface area contributed by atoms with E-state index in [1.165, 1.54) is 6.33 Å². The minimum atomic E-state index is 0.276. The second-order valence-corrected chi connectivity index (χ2v) is 4.86. The molecule has 0 amide bonds. The number of nitrogens with two attached hydrogens (primary N) is 1. The van der Waals surface area contributed by atoms with E-state index in [0.717, 1.165) is 28.1 Å². The van der Waals surface area contributed by atoms with Gasteiger partial charge < -0.3 is 10.5 Å². The molecular formula is C15H19N3O. The van der Waals surface area contributed by atoms with Crippen LogP contribution in [0.25, 0.3) is 11.3 Å². The van der Waals surface area contributed by atoms with E-state index in [9.17, 15) is 0 Å². The number of benzene rings is 1. The highest BCUT2D eigenvalue weighted by atomic mass is 16.5. The standard InChI is InChI=1S/C15H19N3O/c1-9(2)13-14(17-8-18-15(13)16)12-6-5-11(19-4)7-10(12)3/h5-9H,1-4H3,(H2,16,17,18). The molecule has 0 saturated carbocycles. The fraction of sp³-hybridized carbons (Fsp3) is 0.333. The number of methoxy groups -OCH3 is 1. The van der Waals surface area contributed by atoms with Gasteiger partial charge in [0.2, 0.25) is 0 Å². The Labute approximate surface area is 113 Å². The van der Waals surface area contributed by atoms with Crippen molar-refractivity contribution in [1.82, 2.24) is 9.97 Å². The molecule has 2 rings (SSSR count). The molecule has 2 aromatic rings. The summed E-state index contributed by atoms with van der Waals surface area (Å²) in [4.78, 5) is 8.51. The Morgan fingerprint density at radius 1 is 1.21 bits per heavy atom. The van der Waals surface area contributed by atoms with Crippen molar-refractivity contribution in [2.24, 2.45) is 0 Å². The van der Waals surface area contributed by atoms with Crippen LogP contribution < -0.4 is 10.5 Å². The van der Waals surface area contributed by atoms with Crippen molar-refractivity contribution in [2.45, 2.75) is 26.7 Å². The van der Waals surface area contributed by atoms with Crippen LogP contribution >= 0.6 is 0 Å². The lowest BCUT2D eigenvalue weighted by molar-refractivity contribution is 0.414. The molecule has 0 aliphatic rings. The molecule has 0 aliphatic carbocycles. The van der Waals surface area contributed by atoms with Gasteiger partial charge in [0.1, 0.15) is 17.9 Å². The molecule has 0 unspecified atom stereocenters. The Kier molecular flexibility index (Phi) is 3.69. The number of aromatic nitrogens is 2. The zero-order valence-corrected chi connectivity index (χ0v) is 11.8. The molecule has 0 radical (unpaired) electrons. The average Bonchev–Trinajstić information content (AvgIpc) is 2.37. The van der Waals surface area contributed by atoms with E-state index >= 15 is 0 Å². The van der Waals surface area contributed by atoms with Crippen LogP contribution in [0.5, 0.6) is 5.75 Å². The Balaban J connectivity index is 2.62. The Morgan fingerprint density at radius 3 is 2.53 bits per heavy atom. The number of aryl methyl sites for hydroxylation is 1. The molecule has 0 saturated heterocycles. The first-order valence-corrected chi connectivity index (χ1v) is 6.30. The summed E-state index contributed by atoms with van der Waals surface area (Å²) in [6.45, 7) is 6.23. The topological polar surface area (TPSA) is 61.0 Å². The summed E-state index contributed by atoms with van der Waals surface area (Å²) >= 11 is 0. The van der Waals surface area contributed by atoms with Crippen LogP contribution in [0.1, 0.15) is 30.9 Å². The third-order valence-electron chi connectivity index (χ3n) is 3.18. The van der Waals surface area contributed by atoms with Crippen molar-refractivity contribution >= 4 is 5.82 Å². The van der Waals surface area contributed by atoms with E-state index in [4.69, 9.17) is 10.5 Å². The number of ether oxygens (including phenoxy) is 1. The summed E-state index contributed by atoms with van der Waals surface area (Å²) in [5.74, 6) is 1.67. The van der Waals surface area contributed by atoms with Crippen molar-refractivity contribution in [3.63, 3.8) is 0 Å². The van der Waals surface area contributed by atoms with E-state index in [0.29, 0.717) is 5.82 Å². The van der Waals surface area contributed by atoms with E-state index in [2.05, 4.69) is 23.8 Å². The van der Waals surface area contributed by atoms with Gasteiger partial charge in [-0.05, 0) is 36.6 Å². The normalized spacial score (nSPS) is 10.8. The van der Waals surface area contributed by atoms with Gasteiger partial charge in [-0.2, -0.15) is 0 Å². The van der Waals surface area contributed by atoms with Crippen LogP contribution in [0.15, 0.2) is 24.5 Å². The van der Waals surface area contributed by atoms with Crippen molar-refractivity contribution in [2.75, 3.05) is 12.8 Å². The third-order valence-corrected chi connectivity index (χ3v) is 3.18. The van der Waals surface area contributed by atoms with Gasteiger partial charge in [0, 0.05) is 11.1 Å². The maximum Gasteiger partial charge on any atom is 0.130 e. The molecule has 0 atom stereocenters. The minimum absolute atomic E-state index is 0.276. The van der Waals surface area contributed by atoms with Gasteiger partial charge in [-0.15, -0.1) is 0 Å². The molecule has 2 N–H and O–H groups in total. The van der Waals surface area contributed by atoms with E-state index in [1.807, 2.05) is 25.1 Å². The Bertz CT molecular complexity index is 594. The summed E-state index contributed by atoms with van der Waals surface area (Å²) in [5.41, 5.74) is 10.1. The highest BCUT2D eigenvalue weighted by molar-refractivity contribution is 5.71. The Morgan fingerprint density at radius 2 is 1.95 bits per heavy atom. The summed E-state index contributed by atoms with van der Waals surface area (Å²) < 4.78 is 5.23. The fourth-order valence-electron chi connectivity index (χ4n) is 2.22. The van der Waals surface area contributed by atoms with Gasteiger partial charge >= 0.3 is 0 Å². The maximum atomic E-state index is 5.99. The second-order valence-electron chi connectivity index (χ2n) is 4.86. The smallest absolute Gasteiger partial charge is 0.130 e. The third kappa shape index (κ3) is 2.52. The predicted octanol–water partition coefficient (Wildman–Crippen LogP) is 3.17. The molecule has 0 spiro atoms. The summed E-state index contributed by atoms with van der Waals surface area (Å²) in [5, 5.41) is 0. The number of nitrogens with zero attached hydrogens (tertiary/aromatic N) is 2. The van der Waals surface area contributed by atoms with Crippen LogP contribution in [0.3, 0.4) is 0 Å². The highest BCUT2D eigenvalue weighted by Crippen LogP contribution is 2.33. The lowest BCUT2D eigenvalue weighted by Crippen LogP contribution is -2.04. The van der Waals surface area contributed by atoms with E-state index in [1.54, 1.807) is 7.11 Å². The highest BCUT2D eigenvalue weighted by Gasteiger charge is 2.16. The molecule has 0 aliphatic heterocycles. The van der Waals surface area contributed by atoms with Crippen LogP contribution in [-0.2, 0) is 0 Å². The van der Waals surface area contributed by atoms with Crippen LogP contribution in [0.4, 0.5) is 5.82 Å². The van der Waals surface area contributed by atoms with Crippen molar-refractivity contribution < 1.29 is 4.74 Å².